The highest BCUT2D eigenvalue weighted by Crippen LogP contribution is 2.19. The second kappa shape index (κ2) is 21.5. The van der Waals surface area contributed by atoms with Crippen LogP contribution >= 0.6 is 12.4 Å². The van der Waals surface area contributed by atoms with E-state index in [9.17, 15) is 9.59 Å². The number of nitrogens with zero attached hydrogens (tertiary/aromatic N) is 1. The van der Waals surface area contributed by atoms with Crippen molar-refractivity contribution in [2.45, 2.75) is 148 Å². The number of nitrogens with one attached hydrogen (secondary N) is 2. The molecule has 5 nitrogen and oxygen atoms in total. The van der Waals surface area contributed by atoms with Crippen molar-refractivity contribution in [2.75, 3.05) is 19.6 Å². The number of halogens is 1. The third kappa shape index (κ3) is 16.8. The molecule has 0 bridgehead atoms. The second-order valence-electron chi connectivity index (χ2n) is 10.5. The van der Waals surface area contributed by atoms with Crippen LogP contribution in [0.2, 0.25) is 0 Å². The average molecular weight is 502 g/mol. The van der Waals surface area contributed by atoms with Gasteiger partial charge >= 0.3 is 0 Å². The van der Waals surface area contributed by atoms with Crippen LogP contribution in [0.4, 0.5) is 0 Å². The Hall–Kier alpha value is -0.810. The summed E-state index contributed by atoms with van der Waals surface area (Å²) in [6.07, 6.45) is 23.4. The lowest BCUT2D eigenvalue weighted by molar-refractivity contribution is -0.133. The number of unbranched alkanes of at least 4 members (excludes halogenated alkanes) is 14. The van der Waals surface area contributed by atoms with Crippen LogP contribution < -0.4 is 10.6 Å². The minimum atomic E-state index is -0.300. The van der Waals surface area contributed by atoms with Crippen LogP contribution in [0.25, 0.3) is 0 Å². The van der Waals surface area contributed by atoms with Gasteiger partial charge in [0.1, 0.15) is 0 Å². The van der Waals surface area contributed by atoms with Gasteiger partial charge in [0, 0.05) is 25.9 Å². The summed E-state index contributed by atoms with van der Waals surface area (Å²) in [4.78, 5) is 25.8. The Balaban J connectivity index is 0.0000109. The predicted octanol–water partition coefficient (Wildman–Crippen LogP) is 7.12. The maximum Gasteiger partial charge on any atom is 0.224 e. The summed E-state index contributed by atoms with van der Waals surface area (Å²) < 4.78 is 0. The van der Waals surface area contributed by atoms with Crippen molar-refractivity contribution in [1.29, 1.82) is 0 Å². The first-order valence-electron chi connectivity index (χ1n) is 14.3. The van der Waals surface area contributed by atoms with Crippen LogP contribution in [0.3, 0.4) is 0 Å². The Bertz CT molecular complexity index is 514. The first-order valence-corrected chi connectivity index (χ1v) is 14.3. The molecule has 0 aromatic heterocycles. The lowest BCUT2D eigenvalue weighted by Crippen LogP contribution is -2.55. The molecule has 1 aliphatic rings. The monoisotopic (exact) mass is 501 g/mol. The van der Waals surface area contributed by atoms with Crippen LogP contribution in [0.5, 0.6) is 0 Å². The van der Waals surface area contributed by atoms with Crippen molar-refractivity contribution in [3.05, 3.63) is 0 Å². The van der Waals surface area contributed by atoms with Crippen LogP contribution in [0, 0.1) is 0 Å². The molecule has 1 aliphatic heterocycles. The number of carbonyl (C=O) groups excluding carboxylic acids is 2. The van der Waals surface area contributed by atoms with Gasteiger partial charge in [-0.15, -0.1) is 12.4 Å². The summed E-state index contributed by atoms with van der Waals surface area (Å²) in [5.41, 5.74) is -0.300. The highest BCUT2D eigenvalue weighted by atomic mass is 35.5. The van der Waals surface area contributed by atoms with Crippen molar-refractivity contribution in [3.63, 3.8) is 0 Å². The van der Waals surface area contributed by atoms with Gasteiger partial charge in [-0.25, -0.2) is 0 Å². The van der Waals surface area contributed by atoms with Gasteiger partial charge in [0.2, 0.25) is 11.8 Å². The van der Waals surface area contributed by atoms with Gasteiger partial charge in [-0.2, -0.15) is 0 Å². The summed E-state index contributed by atoms with van der Waals surface area (Å²) >= 11 is 0. The van der Waals surface area contributed by atoms with E-state index in [2.05, 4.69) is 31.4 Å². The lowest BCUT2D eigenvalue weighted by Gasteiger charge is -2.36. The zero-order valence-corrected chi connectivity index (χ0v) is 23.5. The SMILES string of the molecule is CCCCCCCCCCCCCCCCCC(=O)NCCCNC(C)(C)N1CCCC1=O.Cl. The van der Waals surface area contributed by atoms with Crippen molar-refractivity contribution in [2.24, 2.45) is 0 Å². The van der Waals surface area contributed by atoms with Crippen molar-refractivity contribution < 1.29 is 9.59 Å². The molecule has 1 saturated heterocycles. The minimum Gasteiger partial charge on any atom is -0.356 e. The Morgan fingerprint density at radius 3 is 1.76 bits per heavy atom. The van der Waals surface area contributed by atoms with Crippen LogP contribution in [0.15, 0.2) is 0 Å². The molecule has 0 aliphatic carbocycles. The van der Waals surface area contributed by atoms with E-state index in [-0.39, 0.29) is 29.9 Å². The summed E-state index contributed by atoms with van der Waals surface area (Å²) in [6, 6.07) is 0. The van der Waals surface area contributed by atoms with Gasteiger partial charge in [-0.1, -0.05) is 96.8 Å². The molecule has 1 heterocycles. The Kier molecular flexibility index (Phi) is 21.0. The summed E-state index contributed by atoms with van der Waals surface area (Å²) in [5.74, 6) is 0.419. The zero-order valence-electron chi connectivity index (χ0n) is 22.7. The van der Waals surface area contributed by atoms with Crippen molar-refractivity contribution >= 4 is 24.2 Å². The lowest BCUT2D eigenvalue weighted by atomic mass is 10.0. The van der Waals surface area contributed by atoms with Gasteiger partial charge < -0.3 is 10.2 Å². The van der Waals surface area contributed by atoms with Crippen LogP contribution in [-0.4, -0.2) is 42.0 Å². The number of hydrogen-bond acceptors (Lipinski definition) is 3. The third-order valence-corrected chi connectivity index (χ3v) is 6.99. The number of carbonyl (C=O) groups is 2. The summed E-state index contributed by atoms with van der Waals surface area (Å²) in [7, 11) is 0. The van der Waals surface area contributed by atoms with E-state index in [1.807, 2.05) is 4.90 Å². The van der Waals surface area contributed by atoms with Gasteiger partial charge in [0.25, 0.3) is 0 Å². The molecule has 0 atom stereocenters. The summed E-state index contributed by atoms with van der Waals surface area (Å²) in [6.45, 7) is 8.75. The molecule has 2 N–H and O–H groups in total. The number of amides is 2. The highest BCUT2D eigenvalue weighted by molar-refractivity contribution is 5.85. The first kappa shape index (κ1) is 33.2. The molecule has 6 heteroatoms. The number of rotatable bonds is 22. The van der Waals surface area contributed by atoms with E-state index < -0.39 is 0 Å². The van der Waals surface area contributed by atoms with Gasteiger partial charge in [0.15, 0.2) is 0 Å². The quantitative estimate of drug-likeness (QED) is 0.155. The average Bonchev–Trinajstić information content (AvgIpc) is 3.23. The molecule has 0 aromatic rings. The van der Waals surface area contributed by atoms with Gasteiger partial charge in [-0.05, 0) is 39.7 Å². The molecule has 0 aromatic carbocycles. The first-order chi connectivity index (χ1) is 16.0. The van der Waals surface area contributed by atoms with E-state index in [1.54, 1.807) is 0 Å². The van der Waals surface area contributed by atoms with Gasteiger partial charge in [0.05, 0.1) is 5.66 Å². The second-order valence-corrected chi connectivity index (χ2v) is 10.5. The number of likely N-dealkylation sites (tertiary alicyclic amines) is 1. The zero-order chi connectivity index (χ0) is 24.2. The van der Waals surface area contributed by atoms with E-state index >= 15 is 0 Å². The molecular weight excluding hydrogens is 446 g/mol. The van der Waals surface area contributed by atoms with E-state index in [1.165, 1.54) is 89.9 Å². The fourth-order valence-electron chi connectivity index (χ4n) is 4.79. The molecular formula is C28H56ClN3O2. The highest BCUT2D eigenvalue weighted by Gasteiger charge is 2.33. The predicted molar refractivity (Wildman–Crippen MR) is 147 cm³/mol. The molecule has 1 fully saturated rings. The fourth-order valence-corrected chi connectivity index (χ4v) is 4.79. The fraction of sp³-hybridized carbons (Fsp3) is 0.929. The minimum absolute atomic E-state index is 0. The van der Waals surface area contributed by atoms with Crippen LogP contribution in [0.1, 0.15) is 143 Å². The maximum atomic E-state index is 12.0. The van der Waals surface area contributed by atoms with E-state index in [0.29, 0.717) is 19.4 Å². The molecule has 0 saturated carbocycles. The van der Waals surface area contributed by atoms with Crippen molar-refractivity contribution in [3.8, 4) is 0 Å². The normalized spacial score (nSPS) is 13.9. The largest absolute Gasteiger partial charge is 0.356 e. The van der Waals surface area contributed by atoms with Crippen molar-refractivity contribution in [1.82, 2.24) is 15.5 Å². The third-order valence-electron chi connectivity index (χ3n) is 6.99. The topological polar surface area (TPSA) is 61.4 Å². The Morgan fingerprint density at radius 2 is 1.29 bits per heavy atom. The standard InChI is InChI=1S/C28H55N3O2.ClH/c1-4-5-6-7-8-9-10-11-12-13-14-15-16-17-18-21-26(32)29-23-20-24-30-28(2,3)31-25-19-22-27(31)33;/h30H,4-25H2,1-3H3,(H,29,32);1H. The Labute approximate surface area is 217 Å². The van der Waals surface area contributed by atoms with Crippen LogP contribution in [-0.2, 0) is 9.59 Å². The maximum absolute atomic E-state index is 12.0. The number of hydrogen-bond donors (Lipinski definition) is 2. The Morgan fingerprint density at radius 1 is 0.794 bits per heavy atom. The molecule has 0 unspecified atom stereocenters. The molecule has 1 rings (SSSR count). The van der Waals surface area contributed by atoms with Gasteiger partial charge in [-0.3, -0.25) is 14.9 Å². The molecule has 34 heavy (non-hydrogen) atoms. The molecule has 0 spiro atoms. The van der Waals surface area contributed by atoms with E-state index in [4.69, 9.17) is 0 Å². The smallest absolute Gasteiger partial charge is 0.224 e. The summed E-state index contributed by atoms with van der Waals surface area (Å²) in [5, 5.41) is 6.50. The molecule has 2 amide bonds. The molecule has 202 valence electrons. The molecule has 0 radical (unpaired) electrons. The van der Waals surface area contributed by atoms with E-state index in [0.717, 1.165) is 32.4 Å².